The van der Waals surface area contributed by atoms with Gasteiger partial charge >= 0.3 is 18.0 Å². The number of imidazole rings is 1. The van der Waals surface area contributed by atoms with Crippen molar-refractivity contribution in [1.82, 2.24) is 20.2 Å². The second kappa shape index (κ2) is 19.6. The SMILES string of the molecule is CSCCC(NC(=O)CCCCn1cc(-c2ccc(Cl)cc2Cl)nc1[C@H](Cc1ccc(Oc2ccc(C(=O)O)cc2)cc1)NC(=O)OC(C)(C)C)C(=O)O. The van der Waals surface area contributed by atoms with Crippen LogP contribution < -0.4 is 15.4 Å². The molecule has 0 radical (unpaired) electrons. The zero-order chi connectivity index (χ0) is 39.4. The molecule has 0 aliphatic carbocycles. The van der Waals surface area contributed by atoms with Crippen molar-refractivity contribution >= 4 is 58.9 Å². The van der Waals surface area contributed by atoms with Crippen molar-refractivity contribution in [1.29, 1.82) is 0 Å². The molecule has 0 saturated heterocycles. The van der Waals surface area contributed by atoms with E-state index in [9.17, 15) is 29.4 Å². The summed E-state index contributed by atoms with van der Waals surface area (Å²) in [5.74, 6) is -0.288. The van der Waals surface area contributed by atoms with Gasteiger partial charge in [-0.2, -0.15) is 11.8 Å². The lowest BCUT2D eigenvalue weighted by molar-refractivity contribution is -0.141. The zero-order valence-corrected chi connectivity index (χ0v) is 32.8. The number of aromatic nitrogens is 2. The Hall–Kier alpha value is -4.72. The molecule has 0 aliphatic rings. The summed E-state index contributed by atoms with van der Waals surface area (Å²) in [7, 11) is 0. The third-order valence-corrected chi connectivity index (χ3v) is 9.21. The predicted octanol–water partition coefficient (Wildman–Crippen LogP) is 8.65. The van der Waals surface area contributed by atoms with Crippen LogP contribution in [-0.4, -0.2) is 67.4 Å². The molecule has 1 heterocycles. The summed E-state index contributed by atoms with van der Waals surface area (Å²) in [4.78, 5) is 53.6. The number of thioether (sulfide) groups is 1. The van der Waals surface area contributed by atoms with Gasteiger partial charge in [-0.15, -0.1) is 0 Å². The van der Waals surface area contributed by atoms with Crippen LogP contribution in [-0.2, 0) is 27.3 Å². The number of aliphatic carboxylic acids is 1. The predicted molar refractivity (Wildman–Crippen MR) is 210 cm³/mol. The van der Waals surface area contributed by atoms with Gasteiger partial charge in [0, 0.05) is 36.2 Å². The van der Waals surface area contributed by atoms with Gasteiger partial charge in [-0.1, -0.05) is 35.3 Å². The molecule has 1 aromatic heterocycles. The van der Waals surface area contributed by atoms with Crippen molar-refractivity contribution < 1.29 is 38.9 Å². The molecule has 54 heavy (non-hydrogen) atoms. The van der Waals surface area contributed by atoms with Crippen LogP contribution in [0.5, 0.6) is 11.5 Å². The number of ether oxygens (including phenoxy) is 2. The highest BCUT2D eigenvalue weighted by molar-refractivity contribution is 7.98. The maximum absolute atomic E-state index is 13.2. The van der Waals surface area contributed by atoms with E-state index in [1.54, 1.807) is 63.2 Å². The third-order valence-electron chi connectivity index (χ3n) is 8.01. The fourth-order valence-corrected chi connectivity index (χ4v) is 6.41. The molecule has 4 aromatic rings. The van der Waals surface area contributed by atoms with E-state index < -0.39 is 35.7 Å². The number of carbonyl (C=O) groups excluding carboxylic acids is 2. The van der Waals surface area contributed by atoms with Gasteiger partial charge in [0.1, 0.15) is 29.0 Å². The Morgan fingerprint density at radius 1 is 0.926 bits per heavy atom. The largest absolute Gasteiger partial charge is 0.480 e. The van der Waals surface area contributed by atoms with E-state index in [-0.39, 0.29) is 17.9 Å². The van der Waals surface area contributed by atoms with E-state index in [1.807, 2.05) is 29.2 Å². The number of hydrogen-bond acceptors (Lipinski definition) is 8. The van der Waals surface area contributed by atoms with Crippen LogP contribution in [0.3, 0.4) is 0 Å². The zero-order valence-electron chi connectivity index (χ0n) is 30.4. The molecule has 4 N–H and O–H groups in total. The molecular weight excluding hydrogens is 755 g/mol. The number of aryl methyl sites for hydroxylation is 1. The fourth-order valence-electron chi connectivity index (χ4n) is 5.43. The molecule has 0 saturated carbocycles. The van der Waals surface area contributed by atoms with Crippen LogP contribution in [0.15, 0.2) is 72.9 Å². The number of amides is 2. The van der Waals surface area contributed by atoms with Gasteiger partial charge in [0.15, 0.2) is 0 Å². The van der Waals surface area contributed by atoms with Gasteiger partial charge in [0.2, 0.25) is 5.91 Å². The first kappa shape index (κ1) is 42.0. The summed E-state index contributed by atoms with van der Waals surface area (Å²) in [6, 6.07) is 16.8. The molecule has 1 unspecified atom stereocenters. The minimum atomic E-state index is -1.06. The quantitative estimate of drug-likeness (QED) is 0.0715. The topological polar surface area (TPSA) is 169 Å². The van der Waals surface area contributed by atoms with E-state index in [1.165, 1.54) is 23.9 Å². The summed E-state index contributed by atoms with van der Waals surface area (Å²) >= 11 is 14.3. The fraction of sp³-hybridized carbons (Fsp3) is 0.359. The van der Waals surface area contributed by atoms with Crippen molar-refractivity contribution in [3.05, 3.63) is 99.9 Å². The molecule has 12 nitrogen and oxygen atoms in total. The lowest BCUT2D eigenvalue weighted by atomic mass is 10.0. The number of carbonyl (C=O) groups is 4. The third kappa shape index (κ3) is 13.0. The summed E-state index contributed by atoms with van der Waals surface area (Å²) in [5, 5.41) is 25.1. The normalized spacial score (nSPS) is 12.4. The van der Waals surface area contributed by atoms with Crippen molar-refractivity contribution in [2.45, 2.75) is 77.1 Å². The van der Waals surface area contributed by atoms with E-state index >= 15 is 0 Å². The van der Waals surface area contributed by atoms with Gasteiger partial charge in [0.05, 0.1) is 22.3 Å². The molecule has 0 fully saturated rings. The van der Waals surface area contributed by atoms with Crippen LogP contribution in [0.1, 0.15) is 74.2 Å². The van der Waals surface area contributed by atoms with Crippen molar-refractivity contribution in [2.24, 2.45) is 0 Å². The standard InChI is InChI=1S/C39H44Cl2N4O8S/c1-39(2,3)53-38(51)44-32(21-24-8-13-27(14-9-24)52-28-15-10-25(11-16-28)36(47)48)35-43-33(29-17-12-26(40)22-30(29)41)23-45(35)19-6-5-7-34(46)42-31(37(49)50)18-20-54-4/h8-17,22-23,31-32H,5-7,18-21H2,1-4H3,(H,42,46)(H,44,51)(H,47,48)(H,49,50)/t31?,32-/m0/s1. The lowest BCUT2D eigenvalue weighted by Crippen LogP contribution is -2.41. The van der Waals surface area contributed by atoms with Crippen LogP contribution in [0.2, 0.25) is 10.0 Å². The molecule has 0 aliphatic heterocycles. The first-order valence-corrected chi connectivity index (χ1v) is 19.4. The highest BCUT2D eigenvalue weighted by atomic mass is 35.5. The summed E-state index contributed by atoms with van der Waals surface area (Å²) < 4.78 is 13.5. The van der Waals surface area contributed by atoms with Crippen LogP contribution >= 0.6 is 35.0 Å². The van der Waals surface area contributed by atoms with Crippen LogP contribution in [0, 0.1) is 0 Å². The molecule has 4 rings (SSSR count). The molecule has 3 aromatic carbocycles. The minimum absolute atomic E-state index is 0.140. The smallest absolute Gasteiger partial charge is 0.408 e. The highest BCUT2D eigenvalue weighted by Crippen LogP contribution is 2.32. The van der Waals surface area contributed by atoms with Gasteiger partial charge in [0.25, 0.3) is 0 Å². The second-order valence-corrected chi connectivity index (χ2v) is 15.3. The number of carboxylic acid groups (broad SMARTS) is 2. The summed E-state index contributed by atoms with van der Waals surface area (Å²) in [5.41, 5.74) is 1.42. The maximum atomic E-state index is 13.2. The van der Waals surface area contributed by atoms with Gasteiger partial charge in [-0.25, -0.2) is 19.4 Å². The second-order valence-electron chi connectivity index (χ2n) is 13.5. The Bertz CT molecular complexity index is 1910. The van der Waals surface area contributed by atoms with Gasteiger partial charge < -0.3 is 34.9 Å². The van der Waals surface area contributed by atoms with E-state index in [2.05, 4.69) is 10.6 Å². The van der Waals surface area contributed by atoms with Crippen molar-refractivity contribution in [2.75, 3.05) is 12.0 Å². The van der Waals surface area contributed by atoms with Crippen molar-refractivity contribution in [3.8, 4) is 22.8 Å². The Labute approximate surface area is 328 Å². The van der Waals surface area contributed by atoms with Crippen LogP contribution in [0.4, 0.5) is 4.79 Å². The molecule has 288 valence electrons. The molecule has 2 atom stereocenters. The number of alkyl carbamates (subject to hydrolysis) is 1. The van der Waals surface area contributed by atoms with Gasteiger partial charge in [-0.3, -0.25) is 4.79 Å². The number of halogens is 2. The Kier molecular flexibility index (Phi) is 15.2. The maximum Gasteiger partial charge on any atom is 0.408 e. The molecule has 0 bridgehead atoms. The Balaban J connectivity index is 1.59. The average Bonchev–Trinajstić information content (AvgIpc) is 3.52. The number of nitrogens with zero attached hydrogens (tertiary/aromatic N) is 2. The molecule has 15 heteroatoms. The van der Waals surface area contributed by atoms with Crippen molar-refractivity contribution in [3.63, 3.8) is 0 Å². The Morgan fingerprint density at radius 2 is 1.59 bits per heavy atom. The first-order valence-electron chi connectivity index (χ1n) is 17.2. The van der Waals surface area contributed by atoms with E-state index in [0.717, 1.165) is 5.56 Å². The average molecular weight is 800 g/mol. The van der Waals surface area contributed by atoms with Crippen LogP contribution in [0.25, 0.3) is 11.3 Å². The number of nitrogens with one attached hydrogen (secondary N) is 2. The number of rotatable bonds is 18. The minimum Gasteiger partial charge on any atom is -0.480 e. The number of carboxylic acids is 2. The number of hydrogen-bond donors (Lipinski definition) is 4. The number of unbranched alkanes of at least 4 members (excludes halogenated alkanes) is 1. The molecular formula is C39H44Cl2N4O8S. The van der Waals surface area contributed by atoms with E-state index in [0.29, 0.717) is 76.6 Å². The Morgan fingerprint density at radius 3 is 2.19 bits per heavy atom. The summed E-state index contributed by atoms with van der Waals surface area (Å²) in [6.07, 6.45) is 4.89. The highest BCUT2D eigenvalue weighted by Gasteiger charge is 2.26. The van der Waals surface area contributed by atoms with Gasteiger partial charge in [-0.05, 0) is 112 Å². The number of aromatic carboxylic acids is 1. The molecule has 0 spiro atoms. The first-order chi connectivity index (χ1) is 25.6. The van der Waals surface area contributed by atoms with E-state index in [4.69, 9.17) is 37.7 Å². The summed E-state index contributed by atoms with van der Waals surface area (Å²) in [6.45, 7) is 5.74. The monoisotopic (exact) mass is 798 g/mol. The lowest BCUT2D eigenvalue weighted by Gasteiger charge is -2.24. The number of benzene rings is 3. The molecule has 2 amide bonds.